The molecule has 0 spiro atoms. The highest BCUT2D eigenvalue weighted by Gasteiger charge is 2.36. The normalized spacial score (nSPS) is 14.7. The first kappa shape index (κ1) is 13.5. The Morgan fingerprint density at radius 2 is 1.95 bits per heavy atom. The predicted octanol–water partition coefficient (Wildman–Crippen LogP) is 3.19. The van der Waals surface area contributed by atoms with Gasteiger partial charge in [0.25, 0.3) is 0 Å². The van der Waals surface area contributed by atoms with Gasteiger partial charge in [-0.15, -0.1) is 0 Å². The molecule has 19 heavy (non-hydrogen) atoms. The molecule has 0 amide bonds. The molecule has 0 fully saturated rings. The Hall–Kier alpha value is -1.92. The lowest BCUT2D eigenvalue weighted by Crippen LogP contribution is -2.12. The molecular formula is C12H12F3NO3. The van der Waals surface area contributed by atoms with Crippen molar-refractivity contribution < 1.29 is 27.5 Å². The van der Waals surface area contributed by atoms with Gasteiger partial charge >= 0.3 is 6.18 Å². The molecule has 1 aliphatic heterocycles. The lowest BCUT2D eigenvalue weighted by molar-refractivity contribution is -0.137. The Morgan fingerprint density at radius 1 is 1.32 bits per heavy atom. The van der Waals surface area contributed by atoms with Gasteiger partial charge in [-0.05, 0) is 26.0 Å². The number of benzene rings is 1. The average Bonchev–Trinajstić information content (AvgIpc) is 2.80. The van der Waals surface area contributed by atoms with Gasteiger partial charge in [-0.25, -0.2) is 0 Å². The molecule has 0 radical (unpaired) electrons. The topological polar surface area (TPSA) is 40.0 Å². The number of hydrogen-bond donors (Lipinski definition) is 0. The molecule has 0 saturated carbocycles. The van der Waals surface area contributed by atoms with Gasteiger partial charge in [-0.2, -0.15) is 13.2 Å². The predicted molar refractivity (Wildman–Crippen MR) is 61.4 cm³/mol. The van der Waals surface area contributed by atoms with Crippen molar-refractivity contribution in [3.8, 4) is 11.5 Å². The summed E-state index contributed by atoms with van der Waals surface area (Å²) in [5, 5.41) is 3.63. The molecule has 0 unspecified atom stereocenters. The number of oxime groups is 1. The van der Waals surface area contributed by atoms with E-state index in [2.05, 4.69) is 5.16 Å². The maximum atomic E-state index is 13.0. The van der Waals surface area contributed by atoms with Crippen LogP contribution in [-0.4, -0.2) is 19.1 Å². The molecule has 1 aromatic carbocycles. The number of ether oxygens (including phenoxy) is 2. The van der Waals surface area contributed by atoms with Crippen LogP contribution in [0.25, 0.3) is 0 Å². The fourth-order valence-electron chi connectivity index (χ4n) is 1.69. The second kappa shape index (κ2) is 4.99. The molecule has 1 aromatic rings. The maximum absolute atomic E-state index is 13.0. The van der Waals surface area contributed by atoms with Crippen molar-refractivity contribution in [1.82, 2.24) is 0 Å². The minimum atomic E-state index is -4.50. The first-order valence-corrected chi connectivity index (χ1v) is 5.61. The van der Waals surface area contributed by atoms with E-state index in [9.17, 15) is 13.2 Å². The molecule has 0 aromatic heterocycles. The van der Waals surface area contributed by atoms with Crippen molar-refractivity contribution in [2.45, 2.75) is 20.0 Å². The van der Waals surface area contributed by atoms with Crippen LogP contribution < -0.4 is 9.47 Å². The van der Waals surface area contributed by atoms with Crippen LogP contribution in [0.4, 0.5) is 13.2 Å². The molecule has 0 saturated heterocycles. The summed E-state index contributed by atoms with van der Waals surface area (Å²) in [4.78, 5) is 4.79. The Labute approximate surface area is 107 Å². The van der Waals surface area contributed by atoms with Gasteiger partial charge < -0.3 is 14.3 Å². The van der Waals surface area contributed by atoms with E-state index in [1.54, 1.807) is 6.92 Å². The van der Waals surface area contributed by atoms with Gasteiger partial charge in [0.2, 0.25) is 6.79 Å². The zero-order valence-corrected chi connectivity index (χ0v) is 10.4. The van der Waals surface area contributed by atoms with E-state index in [1.807, 2.05) is 0 Å². The molecule has 4 nitrogen and oxygen atoms in total. The van der Waals surface area contributed by atoms with Crippen molar-refractivity contribution in [2.24, 2.45) is 5.16 Å². The second-order valence-electron chi connectivity index (χ2n) is 3.84. The van der Waals surface area contributed by atoms with E-state index >= 15 is 0 Å². The minimum Gasteiger partial charge on any atom is -0.454 e. The first-order valence-electron chi connectivity index (χ1n) is 5.61. The van der Waals surface area contributed by atoms with Crippen molar-refractivity contribution in [2.75, 3.05) is 13.4 Å². The molecule has 1 aliphatic rings. The van der Waals surface area contributed by atoms with E-state index < -0.39 is 11.7 Å². The molecule has 2 rings (SSSR count). The number of alkyl halides is 3. The molecule has 0 atom stereocenters. The molecule has 0 aliphatic carbocycles. The van der Waals surface area contributed by atoms with Gasteiger partial charge in [0.1, 0.15) is 6.61 Å². The summed E-state index contributed by atoms with van der Waals surface area (Å²) in [5.41, 5.74) is -0.768. The van der Waals surface area contributed by atoms with Gasteiger partial charge in [-0.1, -0.05) is 5.16 Å². The van der Waals surface area contributed by atoms with E-state index in [-0.39, 0.29) is 36.2 Å². The highest BCUT2D eigenvalue weighted by Crippen LogP contribution is 2.41. The van der Waals surface area contributed by atoms with Crippen LogP contribution in [0.1, 0.15) is 25.0 Å². The van der Waals surface area contributed by atoms with Gasteiger partial charge in [0.15, 0.2) is 11.5 Å². The largest absolute Gasteiger partial charge is 0.454 e. The molecule has 104 valence electrons. The third kappa shape index (κ3) is 2.74. The van der Waals surface area contributed by atoms with Gasteiger partial charge in [-0.3, -0.25) is 0 Å². The zero-order chi connectivity index (χ0) is 14.0. The number of halogens is 3. The van der Waals surface area contributed by atoms with Crippen molar-refractivity contribution in [3.05, 3.63) is 23.3 Å². The summed E-state index contributed by atoms with van der Waals surface area (Å²) in [7, 11) is 0. The first-order chi connectivity index (χ1) is 8.93. The van der Waals surface area contributed by atoms with Crippen LogP contribution in [0.2, 0.25) is 0 Å². The summed E-state index contributed by atoms with van der Waals surface area (Å²) >= 11 is 0. The lowest BCUT2D eigenvalue weighted by atomic mass is 10.0. The molecule has 7 heteroatoms. The van der Waals surface area contributed by atoms with Crippen molar-refractivity contribution in [1.29, 1.82) is 0 Å². The highest BCUT2D eigenvalue weighted by molar-refractivity contribution is 6.00. The van der Waals surface area contributed by atoms with Crippen molar-refractivity contribution in [3.63, 3.8) is 0 Å². The Balaban J connectivity index is 2.51. The van der Waals surface area contributed by atoms with Crippen LogP contribution in [0.3, 0.4) is 0 Å². The SMILES string of the molecule is CCO/N=C(\C)c1cc2c(cc1C(F)(F)F)OCO2. The lowest BCUT2D eigenvalue weighted by Gasteiger charge is -2.13. The van der Waals surface area contributed by atoms with Gasteiger partial charge in [0, 0.05) is 5.56 Å². The Kier molecular flexibility index (Phi) is 3.55. The number of nitrogens with zero attached hydrogens (tertiary/aromatic N) is 1. The van der Waals surface area contributed by atoms with Crippen LogP contribution >= 0.6 is 0 Å². The summed E-state index contributed by atoms with van der Waals surface area (Å²) in [6, 6.07) is 2.19. The van der Waals surface area contributed by atoms with E-state index in [0.29, 0.717) is 0 Å². The number of hydrogen-bond acceptors (Lipinski definition) is 4. The standard InChI is InChI=1S/C12H12F3NO3/c1-3-19-16-7(2)8-4-10-11(18-6-17-10)5-9(8)12(13,14)15/h4-5H,3,6H2,1-2H3/b16-7+. The second-order valence-corrected chi connectivity index (χ2v) is 3.84. The third-order valence-electron chi connectivity index (χ3n) is 2.54. The van der Waals surface area contributed by atoms with Crippen LogP contribution in [-0.2, 0) is 11.0 Å². The van der Waals surface area contributed by atoms with E-state index in [4.69, 9.17) is 14.3 Å². The monoisotopic (exact) mass is 275 g/mol. The van der Waals surface area contributed by atoms with E-state index in [1.165, 1.54) is 13.0 Å². The molecule has 0 bridgehead atoms. The molecular weight excluding hydrogens is 263 g/mol. The summed E-state index contributed by atoms with van der Waals surface area (Å²) in [6.45, 7) is 3.34. The average molecular weight is 275 g/mol. The third-order valence-corrected chi connectivity index (χ3v) is 2.54. The fourth-order valence-corrected chi connectivity index (χ4v) is 1.69. The number of rotatable bonds is 3. The highest BCUT2D eigenvalue weighted by atomic mass is 19.4. The fraction of sp³-hybridized carbons (Fsp3) is 0.417. The zero-order valence-electron chi connectivity index (χ0n) is 10.4. The molecule has 1 heterocycles. The van der Waals surface area contributed by atoms with Crippen molar-refractivity contribution >= 4 is 5.71 Å². The number of fused-ring (bicyclic) bond motifs is 1. The summed E-state index contributed by atoms with van der Waals surface area (Å²) in [6.07, 6.45) is -4.50. The van der Waals surface area contributed by atoms with Gasteiger partial charge in [0.05, 0.1) is 11.3 Å². The molecule has 0 N–H and O–H groups in total. The van der Waals surface area contributed by atoms with Crippen LogP contribution in [0.15, 0.2) is 17.3 Å². The maximum Gasteiger partial charge on any atom is 0.417 e. The Bertz CT molecular complexity index is 512. The quantitative estimate of drug-likeness (QED) is 0.628. The minimum absolute atomic E-state index is 0.0785. The van der Waals surface area contributed by atoms with Crippen LogP contribution in [0, 0.1) is 0 Å². The summed E-state index contributed by atoms with van der Waals surface area (Å²) < 4.78 is 49.1. The van der Waals surface area contributed by atoms with Crippen LogP contribution in [0.5, 0.6) is 11.5 Å². The van der Waals surface area contributed by atoms with E-state index in [0.717, 1.165) is 6.07 Å². The summed E-state index contributed by atoms with van der Waals surface area (Å²) in [5.74, 6) is 0.356. The smallest absolute Gasteiger partial charge is 0.417 e. The Morgan fingerprint density at radius 3 is 2.53 bits per heavy atom.